The van der Waals surface area contributed by atoms with Gasteiger partial charge >= 0.3 is 17.9 Å². The number of carbonyl (C=O) groups excluding carboxylic acids is 3. The smallest absolute Gasteiger partial charge is 0.306 e. The molecule has 0 radical (unpaired) electrons. The van der Waals surface area contributed by atoms with E-state index in [-0.39, 0.29) is 31.1 Å². The summed E-state index contributed by atoms with van der Waals surface area (Å²) in [6.45, 7) is 6.50. The van der Waals surface area contributed by atoms with E-state index in [1.807, 2.05) is 18.2 Å². The van der Waals surface area contributed by atoms with Gasteiger partial charge in [0.15, 0.2) is 6.10 Å². The van der Waals surface area contributed by atoms with Crippen molar-refractivity contribution in [2.75, 3.05) is 13.2 Å². The number of hydrogen-bond acceptors (Lipinski definition) is 6. The summed E-state index contributed by atoms with van der Waals surface area (Å²) in [7, 11) is 0. The van der Waals surface area contributed by atoms with Gasteiger partial charge in [0.1, 0.15) is 13.2 Å². The highest BCUT2D eigenvalue weighted by atomic mass is 16.6. The van der Waals surface area contributed by atoms with E-state index < -0.39 is 6.10 Å². The monoisotopic (exact) mass is 923 g/mol. The second-order valence-electron chi connectivity index (χ2n) is 18.9. The molecule has 0 rings (SSSR count). The van der Waals surface area contributed by atoms with Gasteiger partial charge in [-0.1, -0.05) is 261 Å². The molecule has 66 heavy (non-hydrogen) atoms. The largest absolute Gasteiger partial charge is 0.462 e. The van der Waals surface area contributed by atoms with Crippen molar-refractivity contribution in [3.05, 3.63) is 60.8 Å². The lowest BCUT2D eigenvalue weighted by Crippen LogP contribution is -2.30. The van der Waals surface area contributed by atoms with Crippen molar-refractivity contribution in [1.82, 2.24) is 0 Å². The number of allylic oxidation sites excluding steroid dienone is 10. The lowest BCUT2D eigenvalue weighted by molar-refractivity contribution is -0.167. The zero-order valence-corrected chi connectivity index (χ0v) is 43.7. The fourth-order valence-electron chi connectivity index (χ4n) is 8.10. The summed E-state index contributed by atoms with van der Waals surface area (Å²) in [5, 5.41) is 0. The van der Waals surface area contributed by atoms with E-state index >= 15 is 0 Å². The van der Waals surface area contributed by atoms with Gasteiger partial charge in [-0.25, -0.2) is 0 Å². The van der Waals surface area contributed by atoms with Gasteiger partial charge in [-0.05, 0) is 64.2 Å². The van der Waals surface area contributed by atoms with Gasteiger partial charge in [-0.3, -0.25) is 14.4 Å². The topological polar surface area (TPSA) is 78.9 Å². The van der Waals surface area contributed by atoms with Crippen LogP contribution in [-0.4, -0.2) is 37.2 Å². The second kappa shape index (κ2) is 54.7. The normalized spacial score (nSPS) is 12.5. The van der Waals surface area contributed by atoms with Crippen LogP contribution in [0.1, 0.15) is 284 Å². The Balaban J connectivity index is 4.38. The van der Waals surface area contributed by atoms with Crippen LogP contribution in [0, 0.1) is 0 Å². The molecule has 0 bridgehead atoms. The highest BCUT2D eigenvalue weighted by Gasteiger charge is 2.19. The van der Waals surface area contributed by atoms with Crippen LogP contribution in [0.15, 0.2) is 60.8 Å². The maximum absolute atomic E-state index is 12.8. The summed E-state index contributed by atoms with van der Waals surface area (Å²) in [5.74, 6) is -0.899. The molecule has 382 valence electrons. The van der Waals surface area contributed by atoms with Gasteiger partial charge in [0, 0.05) is 19.3 Å². The molecular formula is C60H106O6. The minimum Gasteiger partial charge on any atom is -0.462 e. The number of ether oxygens (including phenoxy) is 3. The molecule has 0 saturated heterocycles. The molecule has 0 spiro atoms. The summed E-state index contributed by atoms with van der Waals surface area (Å²) in [6, 6.07) is 0. The molecule has 0 aliphatic rings. The quantitative estimate of drug-likeness (QED) is 0.0199. The summed E-state index contributed by atoms with van der Waals surface area (Å²) < 4.78 is 16.8. The van der Waals surface area contributed by atoms with Crippen LogP contribution in [0.2, 0.25) is 0 Å². The van der Waals surface area contributed by atoms with Crippen LogP contribution >= 0.6 is 0 Å². The Kier molecular flexibility index (Phi) is 52.3. The molecule has 0 aromatic carbocycles. The third-order valence-corrected chi connectivity index (χ3v) is 12.4. The van der Waals surface area contributed by atoms with Crippen molar-refractivity contribution >= 4 is 17.9 Å². The molecule has 1 unspecified atom stereocenters. The molecule has 0 aromatic heterocycles. The van der Waals surface area contributed by atoms with Crippen LogP contribution in [-0.2, 0) is 28.6 Å². The predicted molar refractivity (Wildman–Crippen MR) is 284 cm³/mol. The fourth-order valence-corrected chi connectivity index (χ4v) is 8.10. The first-order valence-electron chi connectivity index (χ1n) is 28.3. The number of rotatable bonds is 51. The second-order valence-corrected chi connectivity index (χ2v) is 18.9. The third kappa shape index (κ3) is 52.1. The van der Waals surface area contributed by atoms with Crippen LogP contribution < -0.4 is 0 Å². The first-order chi connectivity index (χ1) is 32.5. The van der Waals surface area contributed by atoms with E-state index in [4.69, 9.17) is 14.2 Å². The van der Waals surface area contributed by atoms with E-state index in [9.17, 15) is 14.4 Å². The van der Waals surface area contributed by atoms with Gasteiger partial charge in [0.05, 0.1) is 0 Å². The zero-order valence-electron chi connectivity index (χ0n) is 43.7. The maximum atomic E-state index is 12.8. The lowest BCUT2D eigenvalue weighted by atomic mass is 10.0. The van der Waals surface area contributed by atoms with Crippen LogP contribution in [0.5, 0.6) is 0 Å². The first kappa shape index (κ1) is 63.1. The fraction of sp³-hybridized carbons (Fsp3) is 0.783. The Morgan fingerprint density at radius 3 is 0.985 bits per heavy atom. The Morgan fingerprint density at radius 1 is 0.318 bits per heavy atom. The summed E-state index contributed by atoms with van der Waals surface area (Å²) in [5.41, 5.74) is 0. The Labute approximate surface area is 409 Å². The van der Waals surface area contributed by atoms with Gasteiger partial charge in [0.25, 0.3) is 0 Å². The van der Waals surface area contributed by atoms with Crippen LogP contribution in [0.3, 0.4) is 0 Å². The molecule has 0 aliphatic carbocycles. The predicted octanol–water partition coefficient (Wildman–Crippen LogP) is 18.8. The first-order valence-corrected chi connectivity index (χ1v) is 28.3. The molecule has 0 aliphatic heterocycles. The highest BCUT2D eigenvalue weighted by molar-refractivity contribution is 5.71. The molecule has 0 saturated carbocycles. The molecule has 6 heteroatoms. The highest BCUT2D eigenvalue weighted by Crippen LogP contribution is 2.16. The number of esters is 3. The van der Waals surface area contributed by atoms with Gasteiger partial charge in [0.2, 0.25) is 0 Å². The van der Waals surface area contributed by atoms with Gasteiger partial charge in [-0.15, -0.1) is 0 Å². The molecule has 6 nitrogen and oxygen atoms in total. The average Bonchev–Trinajstić information content (AvgIpc) is 3.31. The van der Waals surface area contributed by atoms with E-state index in [0.717, 1.165) is 83.5 Å². The van der Waals surface area contributed by atoms with Crippen molar-refractivity contribution in [3.63, 3.8) is 0 Å². The van der Waals surface area contributed by atoms with Crippen molar-refractivity contribution < 1.29 is 28.6 Å². The molecule has 1 atom stereocenters. The van der Waals surface area contributed by atoms with E-state index in [0.29, 0.717) is 19.3 Å². The van der Waals surface area contributed by atoms with Crippen molar-refractivity contribution in [2.45, 2.75) is 290 Å². The lowest BCUT2D eigenvalue weighted by Gasteiger charge is -2.18. The van der Waals surface area contributed by atoms with Crippen molar-refractivity contribution in [1.29, 1.82) is 0 Å². The Hall–Kier alpha value is -2.89. The molecule has 0 N–H and O–H groups in total. The van der Waals surface area contributed by atoms with E-state index in [1.165, 1.54) is 161 Å². The molecule has 0 heterocycles. The van der Waals surface area contributed by atoms with Gasteiger partial charge in [-0.2, -0.15) is 0 Å². The summed E-state index contributed by atoms with van der Waals surface area (Å²) in [4.78, 5) is 38.1. The number of unbranched alkanes of at least 4 members (excludes halogenated alkanes) is 33. The molecule has 0 fully saturated rings. The summed E-state index contributed by atoms with van der Waals surface area (Å²) >= 11 is 0. The molecule has 0 amide bonds. The van der Waals surface area contributed by atoms with E-state index in [2.05, 4.69) is 63.3 Å². The number of hydrogen-bond donors (Lipinski definition) is 0. The van der Waals surface area contributed by atoms with Crippen LogP contribution in [0.25, 0.3) is 0 Å². The maximum Gasteiger partial charge on any atom is 0.306 e. The average molecular weight is 924 g/mol. The number of carbonyl (C=O) groups is 3. The van der Waals surface area contributed by atoms with Crippen LogP contribution in [0.4, 0.5) is 0 Å². The standard InChI is InChI=1S/C60H106O6/c1-4-7-10-13-16-19-22-25-28-29-30-33-35-38-41-44-47-50-53-59(62)65-56-57(66-60(63)54-51-48-45-42-39-36-32-27-24-21-18-15-12-9-6-3)55-64-58(61)52-49-46-43-40-37-34-31-26-23-20-17-14-11-8-5-2/h9,12,15,18,20-21,23-24,27,32,57H,4-8,10-11,13-14,16-17,19,22,25-26,28-31,33-56H2,1-3H3/b12-9-,18-15-,23-20-,24-21-,32-27-. The van der Waals surface area contributed by atoms with Gasteiger partial charge < -0.3 is 14.2 Å². The van der Waals surface area contributed by atoms with E-state index in [1.54, 1.807) is 0 Å². The SMILES string of the molecule is CC\C=C/C=C\C=C/C=C\CCCCCCCC(=O)OC(COC(=O)CCCCCCCCC/C=C\CCCCCC)COC(=O)CCCCCCCCCCCCCCCCCCCC. The summed E-state index contributed by atoms with van der Waals surface area (Å²) in [6.07, 6.45) is 67.8. The molecule has 0 aromatic rings. The minimum absolute atomic E-state index is 0.0828. The third-order valence-electron chi connectivity index (χ3n) is 12.4. The van der Waals surface area contributed by atoms with Crippen molar-refractivity contribution in [3.8, 4) is 0 Å². The Bertz CT molecular complexity index is 1200. The zero-order chi connectivity index (χ0) is 47.9. The molecular weight excluding hydrogens is 817 g/mol. The van der Waals surface area contributed by atoms with Crippen molar-refractivity contribution in [2.24, 2.45) is 0 Å². The minimum atomic E-state index is -0.786. The Morgan fingerprint density at radius 2 is 0.606 bits per heavy atom.